The third-order valence-electron chi connectivity index (χ3n) is 3.62. The van der Waals surface area contributed by atoms with Gasteiger partial charge in [-0.2, -0.15) is 0 Å². The molecule has 0 radical (unpaired) electrons. The predicted molar refractivity (Wildman–Crippen MR) is 74.1 cm³/mol. The van der Waals surface area contributed by atoms with Crippen LogP contribution in [0.15, 0.2) is 24.4 Å². The minimum atomic E-state index is -0.825. The van der Waals surface area contributed by atoms with E-state index in [4.69, 9.17) is 12.2 Å². The number of thioether (sulfide) groups is 1. The number of rotatable bonds is 2. The molecule has 2 aliphatic rings. The Kier molecular flexibility index (Phi) is 2.84. The third-order valence-corrected chi connectivity index (χ3v) is 5.15. The van der Waals surface area contributed by atoms with E-state index < -0.39 is 5.72 Å². The van der Waals surface area contributed by atoms with Gasteiger partial charge < -0.3 is 5.11 Å². The van der Waals surface area contributed by atoms with E-state index in [2.05, 4.69) is 4.98 Å². The topological polar surface area (TPSA) is 36.4 Å². The Morgan fingerprint density at radius 1 is 1.47 bits per heavy atom. The van der Waals surface area contributed by atoms with Crippen LogP contribution in [0.3, 0.4) is 0 Å². The number of nitrogens with zero attached hydrogens (tertiary/aromatic N) is 2. The molecule has 1 aromatic heterocycles. The van der Waals surface area contributed by atoms with E-state index in [1.54, 1.807) is 18.0 Å². The van der Waals surface area contributed by atoms with Crippen LogP contribution >= 0.6 is 24.0 Å². The van der Waals surface area contributed by atoms with Gasteiger partial charge in [-0.3, -0.25) is 4.90 Å². The van der Waals surface area contributed by atoms with Gasteiger partial charge in [-0.25, -0.2) is 4.98 Å². The largest absolute Gasteiger partial charge is 0.369 e. The Morgan fingerprint density at radius 3 is 2.88 bits per heavy atom. The number of hydrogen-bond acceptors (Lipinski definition) is 4. The highest BCUT2D eigenvalue weighted by atomic mass is 32.2. The Morgan fingerprint density at radius 2 is 2.29 bits per heavy atom. The molecule has 5 heteroatoms. The summed E-state index contributed by atoms with van der Waals surface area (Å²) >= 11 is 6.90. The summed E-state index contributed by atoms with van der Waals surface area (Å²) in [6, 6.07) is 5.70. The van der Waals surface area contributed by atoms with E-state index in [1.165, 1.54) is 6.42 Å². The molecular formula is C12H14N2OS2. The molecule has 1 saturated heterocycles. The Bertz CT molecular complexity index is 435. The van der Waals surface area contributed by atoms with E-state index in [9.17, 15) is 5.11 Å². The summed E-state index contributed by atoms with van der Waals surface area (Å²) in [7, 11) is 0. The van der Waals surface area contributed by atoms with Crippen LogP contribution < -0.4 is 4.90 Å². The minimum absolute atomic E-state index is 0.331. The molecule has 0 spiro atoms. The second kappa shape index (κ2) is 4.23. The van der Waals surface area contributed by atoms with Crippen LogP contribution in [0.5, 0.6) is 0 Å². The summed E-state index contributed by atoms with van der Waals surface area (Å²) in [5.41, 5.74) is -0.825. The zero-order valence-electron chi connectivity index (χ0n) is 9.37. The average molecular weight is 266 g/mol. The molecule has 1 atom stereocenters. The van der Waals surface area contributed by atoms with Crippen LogP contribution in [0.2, 0.25) is 0 Å². The van der Waals surface area contributed by atoms with Gasteiger partial charge in [-0.05, 0) is 25.0 Å². The highest BCUT2D eigenvalue weighted by molar-refractivity contribution is 8.23. The summed E-state index contributed by atoms with van der Waals surface area (Å²) in [5, 5.41) is 10.9. The normalized spacial score (nSPS) is 29.5. The number of thiocarbonyl (C=S) groups is 1. The molecule has 2 fully saturated rings. The lowest BCUT2D eigenvalue weighted by atomic mass is 9.77. The fourth-order valence-electron chi connectivity index (χ4n) is 2.40. The van der Waals surface area contributed by atoms with Gasteiger partial charge in [-0.15, -0.1) is 0 Å². The molecular weight excluding hydrogens is 252 g/mol. The van der Waals surface area contributed by atoms with E-state index in [0.717, 1.165) is 23.0 Å². The molecule has 17 heavy (non-hydrogen) atoms. The zero-order chi connectivity index (χ0) is 11.9. The first kappa shape index (κ1) is 11.4. The lowest BCUT2D eigenvalue weighted by Gasteiger charge is -2.43. The Hall–Kier alpha value is -0.650. The molecule has 90 valence electrons. The summed E-state index contributed by atoms with van der Waals surface area (Å²) < 4.78 is 0.734. The smallest absolute Gasteiger partial charge is 0.156 e. The lowest BCUT2D eigenvalue weighted by Crippen LogP contribution is -2.55. The van der Waals surface area contributed by atoms with Gasteiger partial charge in [0, 0.05) is 17.9 Å². The molecule has 1 aliphatic heterocycles. The summed E-state index contributed by atoms with van der Waals surface area (Å²) in [6.07, 6.45) is 5.12. The van der Waals surface area contributed by atoms with Crippen molar-refractivity contribution in [1.82, 2.24) is 4.98 Å². The molecule has 0 bridgehead atoms. The predicted octanol–water partition coefficient (Wildman–Crippen LogP) is 2.41. The van der Waals surface area contributed by atoms with Crippen molar-refractivity contribution >= 4 is 34.1 Å². The van der Waals surface area contributed by atoms with E-state index >= 15 is 0 Å². The van der Waals surface area contributed by atoms with Crippen molar-refractivity contribution in [3.05, 3.63) is 24.4 Å². The monoisotopic (exact) mass is 266 g/mol. The van der Waals surface area contributed by atoms with Gasteiger partial charge in [0.1, 0.15) is 10.1 Å². The summed E-state index contributed by atoms with van der Waals surface area (Å²) in [5.74, 6) is 1.75. The van der Waals surface area contributed by atoms with Crippen molar-refractivity contribution < 1.29 is 5.11 Å². The molecule has 1 unspecified atom stereocenters. The number of hydrogen-bond donors (Lipinski definition) is 1. The number of aromatic nitrogens is 1. The molecule has 2 heterocycles. The fraction of sp³-hybridized carbons (Fsp3) is 0.500. The van der Waals surface area contributed by atoms with E-state index in [0.29, 0.717) is 11.7 Å². The van der Waals surface area contributed by atoms with Crippen molar-refractivity contribution in [1.29, 1.82) is 0 Å². The second-order valence-electron chi connectivity index (χ2n) is 4.58. The number of anilines is 1. The molecule has 3 rings (SSSR count). The SMILES string of the molecule is OC1(C2CCC2)CSC(=S)N1c1ccccn1. The zero-order valence-corrected chi connectivity index (χ0v) is 11.0. The molecule has 0 aromatic carbocycles. The standard InChI is InChI=1S/C12H14N2OS2/c15-12(9-4-3-5-9)8-17-11(16)14(12)10-6-1-2-7-13-10/h1-2,6-7,9,15H,3-5,8H2. The summed E-state index contributed by atoms with van der Waals surface area (Å²) in [4.78, 5) is 6.16. The average Bonchev–Trinajstić information content (AvgIpc) is 2.54. The quantitative estimate of drug-likeness (QED) is 0.832. The Balaban J connectivity index is 1.97. The van der Waals surface area contributed by atoms with Gasteiger partial charge >= 0.3 is 0 Å². The molecule has 0 amide bonds. The molecule has 3 nitrogen and oxygen atoms in total. The maximum Gasteiger partial charge on any atom is 0.156 e. The van der Waals surface area contributed by atoms with Gasteiger partial charge in [0.2, 0.25) is 0 Å². The second-order valence-corrected chi connectivity index (χ2v) is 6.19. The van der Waals surface area contributed by atoms with Gasteiger partial charge in [0.15, 0.2) is 5.72 Å². The molecule has 1 aromatic rings. The maximum absolute atomic E-state index is 10.9. The van der Waals surface area contributed by atoms with Gasteiger partial charge in [-0.1, -0.05) is 36.5 Å². The number of aliphatic hydroxyl groups is 1. The molecule has 1 N–H and O–H groups in total. The highest BCUT2D eigenvalue weighted by Gasteiger charge is 2.51. The van der Waals surface area contributed by atoms with Crippen LogP contribution in [-0.2, 0) is 0 Å². The van der Waals surface area contributed by atoms with Gasteiger partial charge in [0.05, 0.1) is 0 Å². The van der Waals surface area contributed by atoms with Crippen LogP contribution in [0.4, 0.5) is 5.82 Å². The highest BCUT2D eigenvalue weighted by Crippen LogP contribution is 2.46. The van der Waals surface area contributed by atoms with Gasteiger partial charge in [0.25, 0.3) is 0 Å². The van der Waals surface area contributed by atoms with Crippen LogP contribution in [-0.4, -0.2) is 25.9 Å². The first-order valence-electron chi connectivity index (χ1n) is 5.82. The van der Waals surface area contributed by atoms with Crippen molar-refractivity contribution in [2.75, 3.05) is 10.7 Å². The first-order chi connectivity index (χ1) is 8.22. The Labute approximate surface area is 110 Å². The van der Waals surface area contributed by atoms with Crippen molar-refractivity contribution in [3.8, 4) is 0 Å². The lowest BCUT2D eigenvalue weighted by molar-refractivity contribution is -0.0190. The third kappa shape index (κ3) is 1.77. The molecule has 1 aliphatic carbocycles. The van der Waals surface area contributed by atoms with Crippen LogP contribution in [0.1, 0.15) is 19.3 Å². The van der Waals surface area contributed by atoms with Crippen LogP contribution in [0, 0.1) is 5.92 Å². The first-order valence-corrected chi connectivity index (χ1v) is 7.21. The van der Waals surface area contributed by atoms with E-state index in [1.807, 2.05) is 23.1 Å². The van der Waals surface area contributed by atoms with Crippen molar-refractivity contribution in [2.24, 2.45) is 5.92 Å². The number of pyridine rings is 1. The van der Waals surface area contributed by atoms with Crippen molar-refractivity contribution in [3.63, 3.8) is 0 Å². The molecule has 1 saturated carbocycles. The van der Waals surface area contributed by atoms with Crippen LogP contribution in [0.25, 0.3) is 0 Å². The van der Waals surface area contributed by atoms with E-state index in [-0.39, 0.29) is 0 Å². The van der Waals surface area contributed by atoms with Crippen molar-refractivity contribution in [2.45, 2.75) is 25.0 Å². The minimum Gasteiger partial charge on any atom is -0.369 e. The summed E-state index contributed by atoms with van der Waals surface area (Å²) in [6.45, 7) is 0. The maximum atomic E-state index is 10.9. The fourth-order valence-corrected chi connectivity index (χ4v) is 3.91.